The van der Waals surface area contributed by atoms with Gasteiger partial charge in [-0.1, -0.05) is 43.0 Å². The van der Waals surface area contributed by atoms with Crippen LogP contribution >= 0.6 is 11.6 Å². The third kappa shape index (κ3) is 6.57. The molecule has 0 radical (unpaired) electrons. The number of urea groups is 1. The van der Waals surface area contributed by atoms with Crippen LogP contribution in [0.3, 0.4) is 0 Å². The number of carbonyl (C=O) groups excluding carboxylic acids is 2. The number of nitrogens with one attached hydrogen (secondary N) is 2. The van der Waals surface area contributed by atoms with Gasteiger partial charge in [0.1, 0.15) is 0 Å². The second-order valence-electron chi connectivity index (χ2n) is 12.1. The summed E-state index contributed by atoms with van der Waals surface area (Å²) in [6, 6.07) is 9.19. The summed E-state index contributed by atoms with van der Waals surface area (Å²) in [7, 11) is 0. The standard InChI is InChI=1S/C31H48ClN5O2/c1-3-35(4-2)31(39)37(25-8-6-5-7-9-25)28-19-26-14-15-27(20-28)36(26)30(38)29(34-24-16-17-33-21-24)18-22-10-12-23(32)13-11-22/h10-13,24-29,33-34H,3-9,14-21H2,1-2H3/t24?,26?,27?,28?,29-/m1/s1. The molecule has 2 N–H and O–H groups in total. The van der Waals surface area contributed by atoms with Crippen molar-refractivity contribution >= 4 is 23.5 Å². The van der Waals surface area contributed by atoms with E-state index in [1.165, 1.54) is 19.3 Å². The van der Waals surface area contributed by atoms with Crippen molar-refractivity contribution < 1.29 is 9.59 Å². The van der Waals surface area contributed by atoms with Gasteiger partial charge in [-0.05, 0) is 89.5 Å². The number of benzene rings is 1. The lowest BCUT2D eigenvalue weighted by Crippen LogP contribution is -2.61. The van der Waals surface area contributed by atoms with Crippen LogP contribution in [0.2, 0.25) is 5.02 Å². The largest absolute Gasteiger partial charge is 0.335 e. The Bertz CT molecular complexity index is 944. The molecule has 4 aliphatic rings. The molecule has 4 atom stereocenters. The maximum atomic E-state index is 14.3. The Hall–Kier alpha value is -1.83. The lowest BCUT2D eigenvalue weighted by Gasteiger charge is -2.48. The van der Waals surface area contributed by atoms with Gasteiger partial charge in [-0.25, -0.2) is 4.79 Å². The van der Waals surface area contributed by atoms with E-state index in [-0.39, 0.29) is 36.1 Å². The van der Waals surface area contributed by atoms with E-state index in [2.05, 4.69) is 34.3 Å². The van der Waals surface area contributed by atoms with E-state index in [1.54, 1.807) is 0 Å². The molecule has 0 aromatic heterocycles. The quantitative estimate of drug-likeness (QED) is 0.457. The molecule has 1 aromatic rings. The van der Waals surface area contributed by atoms with Gasteiger partial charge in [-0.2, -0.15) is 0 Å². The fraction of sp³-hybridized carbons (Fsp3) is 0.742. The van der Waals surface area contributed by atoms with Crippen LogP contribution in [-0.2, 0) is 11.2 Å². The van der Waals surface area contributed by atoms with E-state index in [9.17, 15) is 9.59 Å². The first-order valence-corrected chi connectivity index (χ1v) is 16.0. The second kappa shape index (κ2) is 13.2. The highest BCUT2D eigenvalue weighted by Gasteiger charge is 2.48. The minimum absolute atomic E-state index is 0.215. The maximum Gasteiger partial charge on any atom is 0.320 e. The number of fused-ring (bicyclic) bond motifs is 2. The van der Waals surface area contributed by atoms with Crippen LogP contribution in [0.1, 0.15) is 83.6 Å². The lowest BCUT2D eigenvalue weighted by molar-refractivity contribution is -0.139. The second-order valence-corrected chi connectivity index (χ2v) is 12.6. The van der Waals surface area contributed by atoms with E-state index in [0.717, 1.165) is 81.7 Å². The number of amides is 3. The minimum atomic E-state index is -0.248. The van der Waals surface area contributed by atoms with Crippen LogP contribution in [0.15, 0.2) is 24.3 Å². The first kappa shape index (κ1) is 28.7. The average Bonchev–Trinajstić information content (AvgIpc) is 3.56. The predicted octanol–water partition coefficient (Wildman–Crippen LogP) is 4.82. The molecule has 4 fully saturated rings. The van der Waals surface area contributed by atoms with Crippen LogP contribution in [-0.4, -0.2) is 89.1 Å². The summed E-state index contributed by atoms with van der Waals surface area (Å²) < 4.78 is 0. The predicted molar refractivity (Wildman–Crippen MR) is 157 cm³/mol. The molecule has 2 bridgehead atoms. The third-order valence-corrected chi connectivity index (χ3v) is 9.98. The molecule has 7 nitrogen and oxygen atoms in total. The zero-order valence-electron chi connectivity index (χ0n) is 23.9. The molecular weight excluding hydrogens is 510 g/mol. The van der Waals surface area contributed by atoms with E-state index in [1.807, 2.05) is 29.2 Å². The molecule has 39 heavy (non-hydrogen) atoms. The van der Waals surface area contributed by atoms with Crippen molar-refractivity contribution in [2.24, 2.45) is 0 Å². The third-order valence-electron chi connectivity index (χ3n) is 9.73. The van der Waals surface area contributed by atoms with Gasteiger partial charge in [0.05, 0.1) is 6.04 Å². The molecule has 8 heteroatoms. The highest BCUT2D eigenvalue weighted by Crippen LogP contribution is 2.40. The zero-order chi connectivity index (χ0) is 27.4. The number of carbonyl (C=O) groups is 2. The van der Waals surface area contributed by atoms with Gasteiger partial charge in [-0.3, -0.25) is 4.79 Å². The summed E-state index contributed by atoms with van der Waals surface area (Å²) in [6.45, 7) is 7.56. The summed E-state index contributed by atoms with van der Waals surface area (Å²) in [5.74, 6) is 0.238. The first-order valence-electron chi connectivity index (χ1n) is 15.6. The van der Waals surface area contributed by atoms with E-state index in [0.29, 0.717) is 18.5 Å². The Kier molecular flexibility index (Phi) is 9.73. The molecule has 1 aromatic carbocycles. The minimum Gasteiger partial charge on any atom is -0.335 e. The van der Waals surface area contributed by atoms with Crippen molar-refractivity contribution in [3.8, 4) is 0 Å². The molecule has 1 saturated carbocycles. The number of rotatable bonds is 9. The lowest BCUT2D eigenvalue weighted by atomic mass is 9.89. The Morgan fingerprint density at radius 1 is 0.974 bits per heavy atom. The summed E-state index contributed by atoms with van der Waals surface area (Å²) in [4.78, 5) is 34.6. The van der Waals surface area contributed by atoms with Gasteiger partial charge in [0.15, 0.2) is 0 Å². The van der Waals surface area contributed by atoms with Crippen LogP contribution < -0.4 is 10.6 Å². The zero-order valence-corrected chi connectivity index (χ0v) is 24.7. The number of hydrogen-bond donors (Lipinski definition) is 2. The highest BCUT2D eigenvalue weighted by molar-refractivity contribution is 6.30. The molecule has 216 valence electrons. The Labute approximate surface area is 240 Å². The maximum absolute atomic E-state index is 14.3. The SMILES string of the molecule is CCN(CC)C(=O)N(C1CCCCC1)C1CC2CCC(C1)N2C(=O)[C@@H](Cc1ccc(Cl)cc1)NC1CCNC1. The van der Waals surface area contributed by atoms with E-state index >= 15 is 0 Å². The van der Waals surface area contributed by atoms with Gasteiger partial charge in [0.2, 0.25) is 5.91 Å². The molecule has 3 saturated heterocycles. The van der Waals surface area contributed by atoms with Gasteiger partial charge in [-0.15, -0.1) is 0 Å². The van der Waals surface area contributed by atoms with Gasteiger partial charge >= 0.3 is 6.03 Å². The monoisotopic (exact) mass is 557 g/mol. The normalized spacial score (nSPS) is 27.9. The molecular formula is C31H48ClN5O2. The Morgan fingerprint density at radius 3 is 2.23 bits per heavy atom. The van der Waals surface area contributed by atoms with Crippen molar-refractivity contribution in [1.82, 2.24) is 25.3 Å². The fourth-order valence-electron chi connectivity index (χ4n) is 7.70. The summed E-state index contributed by atoms with van der Waals surface area (Å²) in [5.41, 5.74) is 1.13. The van der Waals surface area contributed by atoms with Crippen molar-refractivity contribution in [1.29, 1.82) is 0 Å². The number of nitrogens with zero attached hydrogens (tertiary/aromatic N) is 3. The van der Waals surface area contributed by atoms with Gasteiger partial charge in [0, 0.05) is 54.9 Å². The molecule has 3 heterocycles. The summed E-state index contributed by atoms with van der Waals surface area (Å²) in [5, 5.41) is 7.87. The van der Waals surface area contributed by atoms with Gasteiger partial charge in [0.25, 0.3) is 0 Å². The topological polar surface area (TPSA) is 67.9 Å². The molecule has 5 rings (SSSR count). The molecule has 0 spiro atoms. The molecule has 3 aliphatic heterocycles. The number of hydrogen-bond acceptors (Lipinski definition) is 4. The number of piperidine rings is 1. The smallest absolute Gasteiger partial charge is 0.320 e. The first-order chi connectivity index (χ1) is 19.0. The van der Waals surface area contributed by atoms with E-state index in [4.69, 9.17) is 11.6 Å². The highest BCUT2D eigenvalue weighted by atomic mass is 35.5. The average molecular weight is 558 g/mol. The fourth-order valence-corrected chi connectivity index (χ4v) is 7.82. The molecule has 3 unspecified atom stereocenters. The van der Waals surface area contributed by atoms with Crippen molar-refractivity contribution in [3.05, 3.63) is 34.9 Å². The van der Waals surface area contributed by atoms with E-state index < -0.39 is 0 Å². The van der Waals surface area contributed by atoms with Crippen LogP contribution in [0.5, 0.6) is 0 Å². The van der Waals surface area contributed by atoms with Crippen LogP contribution in [0, 0.1) is 0 Å². The Balaban J connectivity index is 1.33. The molecule has 3 amide bonds. The molecule has 1 aliphatic carbocycles. The van der Waals surface area contributed by atoms with Gasteiger partial charge < -0.3 is 25.3 Å². The van der Waals surface area contributed by atoms with Crippen LogP contribution in [0.4, 0.5) is 4.79 Å². The summed E-state index contributed by atoms with van der Waals surface area (Å²) in [6.07, 6.45) is 11.6. The summed E-state index contributed by atoms with van der Waals surface area (Å²) >= 11 is 6.14. The number of halogens is 1. The van der Waals surface area contributed by atoms with Crippen LogP contribution in [0.25, 0.3) is 0 Å². The Morgan fingerprint density at radius 2 is 1.64 bits per heavy atom. The van der Waals surface area contributed by atoms with Crippen molar-refractivity contribution in [2.75, 3.05) is 26.2 Å². The van der Waals surface area contributed by atoms with Crippen molar-refractivity contribution in [2.45, 2.75) is 121 Å². The van der Waals surface area contributed by atoms with Crippen molar-refractivity contribution in [3.63, 3.8) is 0 Å².